The van der Waals surface area contributed by atoms with Gasteiger partial charge in [0.15, 0.2) is 5.84 Å². The summed E-state index contributed by atoms with van der Waals surface area (Å²) in [4.78, 5) is 5.60. The maximum Gasteiger partial charge on any atom is 0.150 e. The Morgan fingerprint density at radius 2 is 2.06 bits per heavy atom. The van der Waals surface area contributed by atoms with Crippen LogP contribution in [0.15, 0.2) is 57.9 Å². The minimum atomic E-state index is 0.896. The summed E-state index contributed by atoms with van der Waals surface area (Å²) in [6, 6.07) is 14.3. The lowest BCUT2D eigenvalue weighted by Crippen LogP contribution is -2.11. The standard InChI is InChI=1S/C14H13N3S/c1-2-5-12(6-3-1)17-9-8-14(16-17)15-11-13-7-4-10-18-13/h1-7,10-11H,8-9H2. The monoisotopic (exact) mass is 255 g/mol. The van der Waals surface area contributed by atoms with Gasteiger partial charge in [-0.25, -0.2) is 4.99 Å². The number of benzene rings is 1. The van der Waals surface area contributed by atoms with Crippen LogP contribution in [0.3, 0.4) is 0 Å². The first-order chi connectivity index (χ1) is 8.92. The molecule has 3 nitrogen and oxygen atoms in total. The Balaban J connectivity index is 1.72. The molecular formula is C14H13N3S. The molecule has 1 aromatic heterocycles. The van der Waals surface area contributed by atoms with E-state index in [1.54, 1.807) is 11.3 Å². The maximum atomic E-state index is 4.51. The second-order valence-electron chi connectivity index (χ2n) is 4.00. The summed E-state index contributed by atoms with van der Waals surface area (Å²) >= 11 is 1.69. The second kappa shape index (κ2) is 5.14. The molecule has 0 atom stereocenters. The molecule has 4 heteroatoms. The smallest absolute Gasteiger partial charge is 0.150 e. The third-order valence-corrected chi connectivity index (χ3v) is 3.53. The van der Waals surface area contributed by atoms with Crippen LogP contribution >= 0.6 is 11.3 Å². The molecule has 1 aliphatic heterocycles. The summed E-state index contributed by atoms with van der Waals surface area (Å²) in [7, 11) is 0. The summed E-state index contributed by atoms with van der Waals surface area (Å²) in [6.45, 7) is 0.904. The lowest BCUT2D eigenvalue weighted by molar-refractivity contribution is 0.922. The van der Waals surface area contributed by atoms with Crippen molar-refractivity contribution in [2.45, 2.75) is 6.42 Å². The Kier molecular flexibility index (Phi) is 3.19. The number of amidine groups is 1. The van der Waals surface area contributed by atoms with Gasteiger partial charge in [-0.1, -0.05) is 24.3 Å². The molecule has 0 spiro atoms. The summed E-state index contributed by atoms with van der Waals surface area (Å²) in [5.74, 6) is 0.896. The average molecular weight is 255 g/mol. The van der Waals surface area contributed by atoms with E-state index < -0.39 is 0 Å². The number of para-hydroxylation sites is 1. The molecule has 1 aromatic carbocycles. The van der Waals surface area contributed by atoms with Gasteiger partial charge in [0.25, 0.3) is 0 Å². The van der Waals surface area contributed by atoms with Crippen molar-refractivity contribution in [3.8, 4) is 0 Å². The van der Waals surface area contributed by atoms with Crippen LogP contribution in [0.2, 0.25) is 0 Å². The molecule has 2 heterocycles. The number of thiophene rings is 1. The normalized spacial score (nSPS) is 15.3. The molecule has 0 unspecified atom stereocenters. The molecule has 2 aromatic rings. The minimum Gasteiger partial charge on any atom is -0.263 e. The van der Waals surface area contributed by atoms with Crippen molar-refractivity contribution in [2.75, 3.05) is 11.6 Å². The topological polar surface area (TPSA) is 28.0 Å². The molecule has 18 heavy (non-hydrogen) atoms. The number of aliphatic imine (C=N–C) groups is 1. The Bertz CT molecular complexity index is 558. The van der Waals surface area contributed by atoms with Crippen molar-refractivity contribution in [1.82, 2.24) is 0 Å². The Morgan fingerprint density at radius 1 is 1.17 bits per heavy atom. The zero-order chi connectivity index (χ0) is 12.2. The highest BCUT2D eigenvalue weighted by molar-refractivity contribution is 7.11. The van der Waals surface area contributed by atoms with E-state index in [-0.39, 0.29) is 0 Å². The fourth-order valence-electron chi connectivity index (χ4n) is 1.83. The number of anilines is 1. The van der Waals surface area contributed by atoms with Crippen LogP contribution in [-0.2, 0) is 0 Å². The zero-order valence-electron chi connectivity index (χ0n) is 9.86. The van der Waals surface area contributed by atoms with Crippen LogP contribution in [0.5, 0.6) is 0 Å². The van der Waals surface area contributed by atoms with Crippen LogP contribution in [0.25, 0.3) is 0 Å². The van der Waals surface area contributed by atoms with Crippen molar-refractivity contribution < 1.29 is 0 Å². The lowest BCUT2D eigenvalue weighted by Gasteiger charge is -2.11. The van der Waals surface area contributed by atoms with E-state index in [0.29, 0.717) is 0 Å². The van der Waals surface area contributed by atoms with Gasteiger partial charge in [-0.05, 0) is 23.6 Å². The first-order valence-electron chi connectivity index (χ1n) is 5.89. The van der Waals surface area contributed by atoms with Crippen LogP contribution < -0.4 is 5.01 Å². The molecule has 0 bridgehead atoms. The van der Waals surface area contributed by atoms with Crippen LogP contribution in [0, 0.1) is 0 Å². The summed E-state index contributed by atoms with van der Waals surface area (Å²) in [5.41, 5.74) is 1.12. The molecule has 0 N–H and O–H groups in total. The molecule has 0 fully saturated rings. The molecule has 0 amide bonds. The third-order valence-electron chi connectivity index (χ3n) is 2.72. The summed E-state index contributed by atoms with van der Waals surface area (Å²) < 4.78 is 0. The predicted molar refractivity (Wildman–Crippen MR) is 77.8 cm³/mol. The fraction of sp³-hybridized carbons (Fsp3) is 0.143. The molecule has 0 radical (unpaired) electrons. The van der Waals surface area contributed by atoms with Gasteiger partial charge in [0, 0.05) is 24.1 Å². The number of hydrazone groups is 1. The number of rotatable bonds is 2. The zero-order valence-corrected chi connectivity index (χ0v) is 10.7. The fourth-order valence-corrected chi connectivity index (χ4v) is 2.41. The molecule has 3 rings (SSSR count). The third kappa shape index (κ3) is 2.49. The van der Waals surface area contributed by atoms with Crippen molar-refractivity contribution in [3.05, 3.63) is 52.7 Å². The van der Waals surface area contributed by atoms with Crippen LogP contribution in [0.1, 0.15) is 11.3 Å². The number of hydrogen-bond acceptors (Lipinski definition) is 4. The highest BCUT2D eigenvalue weighted by atomic mass is 32.1. The van der Waals surface area contributed by atoms with E-state index in [9.17, 15) is 0 Å². The molecule has 0 saturated carbocycles. The Hall–Kier alpha value is -1.94. The lowest BCUT2D eigenvalue weighted by atomic mass is 10.3. The SMILES string of the molecule is C(=NC1=NN(c2ccccc2)CC1)c1cccs1. The van der Waals surface area contributed by atoms with Crippen molar-refractivity contribution in [1.29, 1.82) is 0 Å². The van der Waals surface area contributed by atoms with Gasteiger partial charge >= 0.3 is 0 Å². The minimum absolute atomic E-state index is 0.896. The van der Waals surface area contributed by atoms with E-state index in [1.165, 1.54) is 0 Å². The van der Waals surface area contributed by atoms with Gasteiger partial charge in [-0.15, -0.1) is 11.3 Å². The quantitative estimate of drug-likeness (QED) is 0.756. The van der Waals surface area contributed by atoms with Crippen LogP contribution in [0.4, 0.5) is 5.69 Å². The van der Waals surface area contributed by atoms with Crippen molar-refractivity contribution in [3.63, 3.8) is 0 Å². The van der Waals surface area contributed by atoms with Crippen molar-refractivity contribution in [2.24, 2.45) is 10.1 Å². The van der Waals surface area contributed by atoms with Gasteiger partial charge in [-0.3, -0.25) is 5.01 Å². The van der Waals surface area contributed by atoms with E-state index in [0.717, 1.165) is 29.4 Å². The number of hydrogen-bond donors (Lipinski definition) is 0. The van der Waals surface area contributed by atoms with Gasteiger partial charge in [0.1, 0.15) is 0 Å². The summed E-state index contributed by atoms with van der Waals surface area (Å²) in [5, 5.41) is 8.57. The molecule has 90 valence electrons. The molecule has 1 aliphatic rings. The Morgan fingerprint density at radius 3 is 2.83 bits per heavy atom. The van der Waals surface area contributed by atoms with Crippen molar-refractivity contribution >= 4 is 29.1 Å². The van der Waals surface area contributed by atoms with E-state index in [2.05, 4.69) is 28.3 Å². The van der Waals surface area contributed by atoms with Crippen LogP contribution in [-0.4, -0.2) is 18.6 Å². The molecule has 0 saturated heterocycles. The molecule has 0 aliphatic carbocycles. The van der Waals surface area contributed by atoms with Gasteiger partial charge < -0.3 is 0 Å². The summed E-state index contributed by atoms with van der Waals surface area (Å²) in [6.07, 6.45) is 2.79. The Labute approximate surface area is 110 Å². The maximum absolute atomic E-state index is 4.51. The molecular weight excluding hydrogens is 242 g/mol. The first-order valence-corrected chi connectivity index (χ1v) is 6.77. The average Bonchev–Trinajstić information content (AvgIpc) is 3.09. The predicted octanol–water partition coefficient (Wildman–Crippen LogP) is 3.39. The van der Waals surface area contributed by atoms with Gasteiger partial charge in [0.2, 0.25) is 0 Å². The first kappa shape index (κ1) is 11.2. The van der Waals surface area contributed by atoms with E-state index in [1.807, 2.05) is 40.9 Å². The highest BCUT2D eigenvalue weighted by Gasteiger charge is 2.14. The van der Waals surface area contributed by atoms with E-state index >= 15 is 0 Å². The number of nitrogens with zero attached hydrogens (tertiary/aromatic N) is 3. The largest absolute Gasteiger partial charge is 0.263 e. The van der Waals surface area contributed by atoms with E-state index in [4.69, 9.17) is 0 Å². The highest BCUT2D eigenvalue weighted by Crippen LogP contribution is 2.18. The van der Waals surface area contributed by atoms with Gasteiger partial charge in [0.05, 0.1) is 5.69 Å². The second-order valence-corrected chi connectivity index (χ2v) is 4.98. The van der Waals surface area contributed by atoms with Gasteiger partial charge in [-0.2, -0.15) is 5.10 Å².